The van der Waals surface area contributed by atoms with Crippen LogP contribution in [-0.4, -0.2) is 25.0 Å². The second-order valence-electron chi connectivity index (χ2n) is 3.66. The van der Waals surface area contributed by atoms with Gasteiger partial charge in [0.15, 0.2) is 0 Å². The van der Waals surface area contributed by atoms with E-state index in [1.807, 2.05) is 13.8 Å². The molecule has 13 heavy (non-hydrogen) atoms. The first-order chi connectivity index (χ1) is 6.06. The van der Waals surface area contributed by atoms with Crippen LogP contribution in [0.2, 0.25) is 0 Å². The van der Waals surface area contributed by atoms with Crippen molar-refractivity contribution in [1.29, 1.82) is 0 Å². The van der Waals surface area contributed by atoms with E-state index < -0.39 is 0 Å². The van der Waals surface area contributed by atoms with Crippen LogP contribution < -0.4 is 5.32 Å². The zero-order chi connectivity index (χ0) is 10.0. The van der Waals surface area contributed by atoms with Gasteiger partial charge in [0.25, 0.3) is 0 Å². The van der Waals surface area contributed by atoms with Gasteiger partial charge in [-0.15, -0.1) is 0 Å². The second-order valence-corrected chi connectivity index (χ2v) is 3.66. The molecule has 0 aromatic carbocycles. The van der Waals surface area contributed by atoms with E-state index in [1.54, 1.807) is 0 Å². The summed E-state index contributed by atoms with van der Waals surface area (Å²) in [7, 11) is 1.53. The van der Waals surface area contributed by atoms with Crippen molar-refractivity contribution in [1.82, 2.24) is 5.32 Å². The van der Waals surface area contributed by atoms with Gasteiger partial charge >= 0.3 is 0 Å². The van der Waals surface area contributed by atoms with Gasteiger partial charge in [0.2, 0.25) is 11.8 Å². The number of methoxy groups -OCH3 is 1. The van der Waals surface area contributed by atoms with Crippen LogP contribution in [0.15, 0.2) is 0 Å². The van der Waals surface area contributed by atoms with Crippen molar-refractivity contribution >= 4 is 11.8 Å². The minimum Gasteiger partial charge on any atom is -0.380 e. The Bertz CT molecular complexity index is 225. The molecular formula is C9H15NO3. The summed E-state index contributed by atoms with van der Waals surface area (Å²) in [6.07, 6.45) is 0.0201. The molecule has 0 aromatic rings. The van der Waals surface area contributed by atoms with Gasteiger partial charge in [0.05, 0.1) is 18.4 Å². The molecule has 1 N–H and O–H groups in total. The van der Waals surface area contributed by atoms with E-state index in [0.29, 0.717) is 0 Å². The summed E-state index contributed by atoms with van der Waals surface area (Å²) in [5.41, 5.74) is 0. The van der Waals surface area contributed by atoms with E-state index in [2.05, 4.69) is 5.32 Å². The molecule has 4 nitrogen and oxygen atoms in total. The maximum absolute atomic E-state index is 11.4. The molecule has 2 amide bonds. The highest BCUT2D eigenvalue weighted by Crippen LogP contribution is 2.23. The first-order valence-corrected chi connectivity index (χ1v) is 4.42. The van der Waals surface area contributed by atoms with E-state index in [-0.39, 0.29) is 36.2 Å². The number of amides is 2. The SMILES string of the molecule is COC1CC(=O)NC(=O)C1C(C)C. The molecule has 0 saturated carbocycles. The lowest BCUT2D eigenvalue weighted by Gasteiger charge is -2.31. The van der Waals surface area contributed by atoms with Gasteiger partial charge in [0.1, 0.15) is 0 Å². The minimum absolute atomic E-state index is 0.193. The highest BCUT2D eigenvalue weighted by Gasteiger charge is 2.37. The summed E-state index contributed by atoms with van der Waals surface area (Å²) in [5, 5.41) is 2.32. The highest BCUT2D eigenvalue weighted by atomic mass is 16.5. The van der Waals surface area contributed by atoms with E-state index in [0.717, 1.165) is 0 Å². The average molecular weight is 185 g/mol. The zero-order valence-electron chi connectivity index (χ0n) is 8.16. The Morgan fingerprint density at radius 1 is 1.46 bits per heavy atom. The molecule has 0 spiro atoms. The number of imide groups is 1. The number of piperidine rings is 1. The summed E-state index contributed by atoms with van der Waals surface area (Å²) in [6.45, 7) is 3.90. The molecule has 2 atom stereocenters. The van der Waals surface area contributed by atoms with Crippen molar-refractivity contribution in [2.24, 2.45) is 11.8 Å². The number of carbonyl (C=O) groups excluding carboxylic acids is 2. The van der Waals surface area contributed by atoms with Gasteiger partial charge < -0.3 is 4.74 Å². The Kier molecular flexibility index (Phi) is 3.03. The molecule has 0 aromatic heterocycles. The average Bonchev–Trinajstić information content (AvgIpc) is 2.01. The third-order valence-electron chi connectivity index (χ3n) is 2.37. The normalized spacial score (nSPS) is 29.2. The molecule has 4 heteroatoms. The molecule has 74 valence electrons. The van der Waals surface area contributed by atoms with Crippen molar-refractivity contribution < 1.29 is 14.3 Å². The van der Waals surface area contributed by atoms with Crippen LogP contribution in [0.5, 0.6) is 0 Å². The van der Waals surface area contributed by atoms with Gasteiger partial charge in [-0.2, -0.15) is 0 Å². The largest absolute Gasteiger partial charge is 0.380 e. The van der Waals surface area contributed by atoms with Gasteiger partial charge in [-0.05, 0) is 5.92 Å². The Labute approximate surface area is 77.6 Å². The molecule has 1 aliphatic heterocycles. The van der Waals surface area contributed by atoms with Gasteiger partial charge in [-0.25, -0.2) is 0 Å². The van der Waals surface area contributed by atoms with Crippen LogP contribution in [0, 0.1) is 11.8 Å². The molecule has 1 saturated heterocycles. The number of ether oxygens (including phenoxy) is 1. The van der Waals surface area contributed by atoms with Crippen LogP contribution in [0.1, 0.15) is 20.3 Å². The van der Waals surface area contributed by atoms with Crippen LogP contribution >= 0.6 is 0 Å². The summed E-state index contributed by atoms with van der Waals surface area (Å²) >= 11 is 0. The van der Waals surface area contributed by atoms with Crippen LogP contribution in [0.4, 0.5) is 0 Å². The fourth-order valence-electron chi connectivity index (χ4n) is 1.71. The van der Waals surface area contributed by atoms with Crippen LogP contribution in [-0.2, 0) is 14.3 Å². The highest BCUT2D eigenvalue weighted by molar-refractivity contribution is 5.99. The third kappa shape index (κ3) is 2.06. The topological polar surface area (TPSA) is 55.4 Å². The van der Waals surface area contributed by atoms with Crippen LogP contribution in [0.3, 0.4) is 0 Å². The lowest BCUT2D eigenvalue weighted by atomic mass is 9.85. The Hall–Kier alpha value is -0.900. The van der Waals surface area contributed by atoms with Crippen molar-refractivity contribution in [2.75, 3.05) is 7.11 Å². The standard InChI is InChI=1S/C9H15NO3/c1-5(2)8-6(13-3)4-7(11)10-9(8)12/h5-6,8H,4H2,1-3H3,(H,10,11,12). The van der Waals surface area contributed by atoms with Crippen molar-refractivity contribution in [3.05, 3.63) is 0 Å². The number of rotatable bonds is 2. The van der Waals surface area contributed by atoms with Crippen molar-refractivity contribution in [3.63, 3.8) is 0 Å². The maximum atomic E-state index is 11.4. The minimum atomic E-state index is -0.263. The summed E-state index contributed by atoms with van der Waals surface area (Å²) < 4.78 is 5.12. The zero-order valence-corrected chi connectivity index (χ0v) is 8.16. The monoisotopic (exact) mass is 185 g/mol. The van der Waals surface area contributed by atoms with Crippen molar-refractivity contribution in [3.8, 4) is 0 Å². The second kappa shape index (κ2) is 3.87. The number of hydrogen-bond donors (Lipinski definition) is 1. The molecule has 0 radical (unpaired) electrons. The van der Waals surface area contributed by atoms with Crippen LogP contribution in [0.25, 0.3) is 0 Å². The third-order valence-corrected chi connectivity index (χ3v) is 2.37. The number of hydrogen-bond acceptors (Lipinski definition) is 3. The Morgan fingerprint density at radius 3 is 2.54 bits per heavy atom. The fraction of sp³-hybridized carbons (Fsp3) is 0.778. The quantitative estimate of drug-likeness (QED) is 0.630. The first kappa shape index (κ1) is 10.2. The number of carbonyl (C=O) groups is 2. The number of nitrogens with one attached hydrogen (secondary N) is 1. The molecule has 2 unspecified atom stereocenters. The lowest BCUT2D eigenvalue weighted by molar-refractivity contribution is -0.145. The fourth-order valence-corrected chi connectivity index (χ4v) is 1.71. The first-order valence-electron chi connectivity index (χ1n) is 4.42. The van der Waals surface area contributed by atoms with Gasteiger partial charge in [0, 0.05) is 7.11 Å². The molecule has 1 heterocycles. The smallest absolute Gasteiger partial charge is 0.232 e. The van der Waals surface area contributed by atoms with E-state index >= 15 is 0 Å². The summed E-state index contributed by atoms with van der Waals surface area (Å²) in [5.74, 6) is -0.465. The maximum Gasteiger partial charge on any atom is 0.232 e. The summed E-state index contributed by atoms with van der Waals surface area (Å²) in [6, 6.07) is 0. The predicted octanol–water partition coefficient (Wildman–Crippen LogP) is 0.320. The van der Waals surface area contributed by atoms with Crippen molar-refractivity contribution in [2.45, 2.75) is 26.4 Å². The lowest BCUT2D eigenvalue weighted by Crippen LogP contribution is -2.50. The van der Waals surface area contributed by atoms with E-state index in [1.165, 1.54) is 7.11 Å². The predicted molar refractivity (Wildman–Crippen MR) is 46.9 cm³/mol. The Morgan fingerprint density at radius 2 is 2.08 bits per heavy atom. The van der Waals surface area contributed by atoms with E-state index in [4.69, 9.17) is 4.74 Å². The van der Waals surface area contributed by atoms with Gasteiger partial charge in [-0.3, -0.25) is 14.9 Å². The molecule has 1 rings (SSSR count). The molecular weight excluding hydrogens is 170 g/mol. The Balaban J connectivity index is 2.78. The van der Waals surface area contributed by atoms with Gasteiger partial charge in [-0.1, -0.05) is 13.8 Å². The molecule has 1 fully saturated rings. The molecule has 1 aliphatic rings. The molecule has 0 aliphatic carbocycles. The summed E-state index contributed by atoms with van der Waals surface area (Å²) in [4.78, 5) is 22.4. The molecule has 0 bridgehead atoms. The van der Waals surface area contributed by atoms with E-state index in [9.17, 15) is 9.59 Å².